The first-order valence-electron chi connectivity index (χ1n) is 9.87. The molecule has 0 aliphatic heterocycles. The predicted molar refractivity (Wildman–Crippen MR) is 110 cm³/mol. The van der Waals surface area contributed by atoms with Crippen molar-refractivity contribution in [3.8, 4) is 5.69 Å². The summed E-state index contributed by atoms with van der Waals surface area (Å²) in [6, 6.07) is 9.21. The number of likely N-dealkylation sites (N-methyl/N-ethyl adjacent to an activating group) is 1. The second-order valence-electron chi connectivity index (χ2n) is 7.26. The maximum atomic E-state index is 13.1. The summed E-state index contributed by atoms with van der Waals surface area (Å²) in [7, 11) is 0. The molecule has 4 rings (SSSR count). The molecule has 2 N–H and O–H groups in total. The van der Waals surface area contributed by atoms with Gasteiger partial charge in [-0.05, 0) is 38.4 Å². The molecule has 8 nitrogen and oxygen atoms in total. The van der Waals surface area contributed by atoms with Gasteiger partial charge in [0.2, 0.25) is 5.71 Å². The largest absolute Gasteiger partial charge is 0.444 e. The van der Waals surface area contributed by atoms with Crippen LogP contribution < -0.4 is 16.6 Å². The lowest BCUT2D eigenvalue weighted by atomic mass is 10.1. The Morgan fingerprint density at radius 2 is 2.00 bits per heavy atom. The molecular weight excluding hydrogens is 372 g/mol. The van der Waals surface area contributed by atoms with Crippen LogP contribution in [-0.2, 0) is 0 Å². The first-order chi connectivity index (χ1) is 14.0. The van der Waals surface area contributed by atoms with Crippen molar-refractivity contribution >= 4 is 17.0 Å². The SMILES string of the molecule is CCN(CCNC(=O)c1c(C)oc2[nH]c(=O)n(-c3ccccc3)c(=O)c12)C1CC1. The maximum Gasteiger partial charge on any atom is 0.335 e. The average molecular weight is 396 g/mol. The Bertz CT molecular complexity index is 1160. The molecule has 1 saturated carbocycles. The van der Waals surface area contributed by atoms with Crippen LogP contribution in [0.3, 0.4) is 0 Å². The average Bonchev–Trinajstić information content (AvgIpc) is 3.48. The van der Waals surface area contributed by atoms with Gasteiger partial charge in [-0.1, -0.05) is 25.1 Å². The van der Waals surface area contributed by atoms with E-state index in [0.717, 1.165) is 17.7 Å². The zero-order chi connectivity index (χ0) is 20.5. The lowest BCUT2D eigenvalue weighted by Gasteiger charge is -2.19. The van der Waals surface area contributed by atoms with Gasteiger partial charge in [0, 0.05) is 19.1 Å². The second kappa shape index (κ2) is 7.71. The number of hydrogen-bond acceptors (Lipinski definition) is 5. The van der Waals surface area contributed by atoms with Gasteiger partial charge in [0.1, 0.15) is 11.1 Å². The minimum atomic E-state index is -0.613. The summed E-state index contributed by atoms with van der Waals surface area (Å²) in [4.78, 5) is 43.3. The number of carbonyl (C=O) groups excluding carboxylic acids is 1. The van der Waals surface area contributed by atoms with Crippen molar-refractivity contribution in [3.63, 3.8) is 0 Å². The van der Waals surface area contributed by atoms with Gasteiger partial charge in [0.05, 0.1) is 11.3 Å². The van der Waals surface area contributed by atoms with Crippen molar-refractivity contribution < 1.29 is 9.21 Å². The van der Waals surface area contributed by atoms with Crippen LogP contribution in [0, 0.1) is 6.92 Å². The fourth-order valence-corrected chi connectivity index (χ4v) is 3.72. The van der Waals surface area contributed by atoms with Gasteiger partial charge in [0.15, 0.2) is 0 Å². The second-order valence-corrected chi connectivity index (χ2v) is 7.26. The monoisotopic (exact) mass is 396 g/mol. The van der Waals surface area contributed by atoms with Crippen LogP contribution in [0.1, 0.15) is 35.9 Å². The van der Waals surface area contributed by atoms with Crippen LogP contribution in [-0.4, -0.2) is 46.0 Å². The number of rotatable bonds is 7. The van der Waals surface area contributed by atoms with Crippen LogP contribution in [0.25, 0.3) is 16.8 Å². The minimum absolute atomic E-state index is 0.0167. The third-order valence-electron chi connectivity index (χ3n) is 5.32. The van der Waals surface area contributed by atoms with E-state index >= 15 is 0 Å². The summed E-state index contributed by atoms with van der Waals surface area (Å²) in [5.41, 5.74) is -0.583. The van der Waals surface area contributed by atoms with Gasteiger partial charge in [-0.25, -0.2) is 9.36 Å². The highest BCUT2D eigenvalue weighted by Gasteiger charge is 2.28. The molecule has 1 fully saturated rings. The van der Waals surface area contributed by atoms with Gasteiger partial charge >= 0.3 is 5.69 Å². The number of carbonyl (C=O) groups is 1. The quantitative estimate of drug-likeness (QED) is 0.634. The molecule has 1 aliphatic rings. The Balaban J connectivity index is 1.67. The molecule has 1 amide bonds. The number of furan rings is 1. The van der Waals surface area contributed by atoms with E-state index in [1.807, 2.05) is 0 Å². The van der Waals surface area contributed by atoms with Gasteiger partial charge in [0.25, 0.3) is 11.5 Å². The number of aromatic nitrogens is 2. The first kappa shape index (κ1) is 19.2. The molecule has 3 aromatic rings. The maximum absolute atomic E-state index is 13.1. The van der Waals surface area contributed by atoms with Gasteiger partial charge in [-0.15, -0.1) is 0 Å². The highest BCUT2D eigenvalue weighted by molar-refractivity contribution is 6.06. The number of nitrogens with zero attached hydrogens (tertiary/aromatic N) is 2. The van der Waals surface area contributed by atoms with E-state index in [2.05, 4.69) is 22.1 Å². The molecule has 152 valence electrons. The molecule has 8 heteroatoms. The number of fused-ring (bicyclic) bond motifs is 1. The molecule has 0 saturated heterocycles. The van der Waals surface area contributed by atoms with E-state index in [4.69, 9.17) is 4.42 Å². The molecule has 0 atom stereocenters. The van der Waals surface area contributed by atoms with Crippen molar-refractivity contribution in [2.75, 3.05) is 19.6 Å². The Hall–Kier alpha value is -3.13. The normalized spacial score (nSPS) is 13.9. The van der Waals surface area contributed by atoms with Crippen LogP contribution in [0.4, 0.5) is 0 Å². The number of nitrogens with one attached hydrogen (secondary N) is 2. The van der Waals surface area contributed by atoms with Crippen molar-refractivity contribution in [2.45, 2.75) is 32.7 Å². The molecule has 0 radical (unpaired) electrons. The van der Waals surface area contributed by atoms with Crippen molar-refractivity contribution in [2.24, 2.45) is 0 Å². The third-order valence-corrected chi connectivity index (χ3v) is 5.32. The van der Waals surface area contributed by atoms with Crippen LogP contribution >= 0.6 is 0 Å². The summed E-state index contributed by atoms with van der Waals surface area (Å²) >= 11 is 0. The number of benzene rings is 1. The number of H-pyrrole nitrogens is 1. The summed E-state index contributed by atoms with van der Waals surface area (Å²) in [6.07, 6.45) is 2.42. The fourth-order valence-electron chi connectivity index (χ4n) is 3.72. The zero-order valence-electron chi connectivity index (χ0n) is 16.5. The molecule has 2 aromatic heterocycles. The van der Waals surface area contributed by atoms with Crippen LogP contribution in [0.2, 0.25) is 0 Å². The Morgan fingerprint density at radius 1 is 1.28 bits per heavy atom. The summed E-state index contributed by atoms with van der Waals surface area (Å²) in [5.74, 6) is -0.0811. The molecule has 0 spiro atoms. The van der Waals surface area contributed by atoms with E-state index < -0.39 is 11.2 Å². The van der Waals surface area contributed by atoms with Crippen molar-refractivity contribution in [1.82, 2.24) is 19.8 Å². The van der Waals surface area contributed by atoms with E-state index in [1.54, 1.807) is 37.3 Å². The van der Waals surface area contributed by atoms with E-state index in [9.17, 15) is 14.4 Å². The van der Waals surface area contributed by atoms with Gasteiger partial charge in [-0.2, -0.15) is 0 Å². The molecule has 1 aliphatic carbocycles. The van der Waals surface area contributed by atoms with Crippen molar-refractivity contribution in [1.29, 1.82) is 0 Å². The molecular formula is C21H24N4O4. The number of aromatic amines is 1. The third kappa shape index (κ3) is 3.63. The van der Waals surface area contributed by atoms with Crippen LogP contribution in [0.5, 0.6) is 0 Å². The van der Waals surface area contributed by atoms with E-state index in [-0.39, 0.29) is 22.6 Å². The lowest BCUT2D eigenvalue weighted by Crippen LogP contribution is -2.37. The predicted octanol–water partition coefficient (Wildman–Crippen LogP) is 1.79. The van der Waals surface area contributed by atoms with E-state index in [1.165, 1.54) is 12.8 Å². The molecule has 0 bridgehead atoms. The fraction of sp³-hybridized carbons (Fsp3) is 0.381. The number of para-hydroxylation sites is 1. The molecule has 1 aromatic carbocycles. The Labute approximate surface area is 167 Å². The van der Waals surface area contributed by atoms with Crippen molar-refractivity contribution in [3.05, 3.63) is 62.5 Å². The Morgan fingerprint density at radius 3 is 2.66 bits per heavy atom. The topological polar surface area (TPSA) is 100 Å². The number of amides is 1. The van der Waals surface area contributed by atoms with E-state index in [0.29, 0.717) is 24.0 Å². The van der Waals surface area contributed by atoms with Gasteiger partial charge in [-0.3, -0.25) is 19.5 Å². The van der Waals surface area contributed by atoms with Gasteiger partial charge < -0.3 is 9.73 Å². The summed E-state index contributed by atoms with van der Waals surface area (Å²) < 4.78 is 6.54. The smallest absolute Gasteiger partial charge is 0.335 e. The highest BCUT2D eigenvalue weighted by atomic mass is 16.3. The molecule has 2 heterocycles. The lowest BCUT2D eigenvalue weighted by molar-refractivity contribution is 0.0948. The summed E-state index contributed by atoms with van der Waals surface area (Å²) in [5, 5.41) is 2.97. The summed E-state index contributed by atoms with van der Waals surface area (Å²) in [6.45, 7) is 5.90. The standard InChI is InChI=1S/C21H24N4O4/c1-3-24(14-9-10-14)12-11-22-18(26)16-13(2)29-19-17(16)20(27)25(21(28)23-19)15-7-5-4-6-8-15/h4-8,14H,3,9-12H2,1-2H3,(H,22,26)(H,23,28). The number of aryl methyl sites for hydroxylation is 1. The minimum Gasteiger partial charge on any atom is -0.444 e. The molecule has 0 unspecified atom stereocenters. The van der Waals surface area contributed by atoms with Crippen LogP contribution in [0.15, 0.2) is 44.3 Å². The zero-order valence-corrected chi connectivity index (χ0v) is 16.5. The number of hydrogen-bond donors (Lipinski definition) is 2. The highest BCUT2D eigenvalue weighted by Crippen LogP contribution is 2.26. The first-order valence-corrected chi connectivity index (χ1v) is 9.87. The molecule has 29 heavy (non-hydrogen) atoms. The Kier molecular flexibility index (Phi) is 5.10.